The molecule has 9 nitrogen and oxygen atoms in total. The average molecular weight is 401 g/mol. The number of nitrogens with two attached hydrogens (primary N) is 1. The van der Waals surface area contributed by atoms with E-state index in [2.05, 4.69) is 31.7 Å². The van der Waals surface area contributed by atoms with Gasteiger partial charge in [-0.25, -0.2) is 9.97 Å². The van der Waals surface area contributed by atoms with Crippen molar-refractivity contribution in [3.05, 3.63) is 59.9 Å². The number of para-hydroxylation sites is 1. The smallest absolute Gasteiger partial charge is 0.250 e. The van der Waals surface area contributed by atoms with Gasteiger partial charge in [0.05, 0.1) is 16.8 Å². The summed E-state index contributed by atoms with van der Waals surface area (Å²) in [7, 11) is 0. The van der Waals surface area contributed by atoms with E-state index >= 15 is 0 Å². The molecule has 0 aliphatic carbocycles. The lowest BCUT2D eigenvalue weighted by Gasteiger charge is -2.14. The van der Waals surface area contributed by atoms with E-state index in [1.165, 1.54) is 6.33 Å². The number of carbonyl (C=O) groups excluding carboxylic acids is 1. The van der Waals surface area contributed by atoms with Gasteiger partial charge in [0.1, 0.15) is 24.3 Å². The van der Waals surface area contributed by atoms with Crippen LogP contribution < -0.4 is 21.1 Å². The summed E-state index contributed by atoms with van der Waals surface area (Å²) in [5.74, 6) is 0.621. The number of ether oxygens (including phenoxy) is 1. The van der Waals surface area contributed by atoms with E-state index in [0.29, 0.717) is 34.0 Å². The van der Waals surface area contributed by atoms with Crippen LogP contribution in [0.25, 0.3) is 11.4 Å². The molecular weight excluding hydrogens is 382 g/mol. The van der Waals surface area contributed by atoms with E-state index in [1.54, 1.807) is 42.5 Å². The molecule has 2 heterocycles. The highest BCUT2D eigenvalue weighted by Gasteiger charge is 2.18. The Labute approximate surface area is 172 Å². The van der Waals surface area contributed by atoms with Crippen molar-refractivity contribution in [2.45, 2.75) is 12.5 Å². The zero-order valence-corrected chi connectivity index (χ0v) is 16.0. The molecule has 1 aliphatic heterocycles. The van der Waals surface area contributed by atoms with Crippen LogP contribution in [0.4, 0.5) is 11.6 Å². The average Bonchev–Trinajstić information content (AvgIpc) is 3.27. The monoisotopic (exact) mass is 401 g/mol. The predicted octanol–water partition coefficient (Wildman–Crippen LogP) is 1.99. The minimum atomic E-state index is -0.556. The molecule has 1 aliphatic rings. The molecule has 3 aromatic rings. The summed E-state index contributed by atoms with van der Waals surface area (Å²) in [5.41, 5.74) is 7.30. The highest BCUT2D eigenvalue weighted by molar-refractivity contribution is 5.98. The molecule has 0 radical (unpaired) electrons. The fourth-order valence-electron chi connectivity index (χ4n) is 3.19. The number of nitriles is 1. The molecule has 30 heavy (non-hydrogen) atoms. The van der Waals surface area contributed by atoms with Crippen molar-refractivity contribution < 1.29 is 9.53 Å². The predicted molar refractivity (Wildman–Crippen MR) is 110 cm³/mol. The van der Waals surface area contributed by atoms with Crippen LogP contribution in [0.2, 0.25) is 0 Å². The van der Waals surface area contributed by atoms with Gasteiger partial charge in [0.2, 0.25) is 5.95 Å². The van der Waals surface area contributed by atoms with Crippen LogP contribution in [-0.4, -0.2) is 40.1 Å². The molecule has 1 amide bonds. The van der Waals surface area contributed by atoms with Crippen molar-refractivity contribution in [2.24, 2.45) is 5.73 Å². The second-order valence-electron chi connectivity index (χ2n) is 6.72. The largest absolute Gasteiger partial charge is 0.488 e. The Morgan fingerprint density at radius 1 is 1.27 bits per heavy atom. The lowest BCUT2D eigenvalue weighted by molar-refractivity contribution is 0.100. The van der Waals surface area contributed by atoms with Gasteiger partial charge >= 0.3 is 0 Å². The summed E-state index contributed by atoms with van der Waals surface area (Å²) in [6.45, 7) is 1.67. The number of hydrogen-bond acceptors (Lipinski definition) is 8. The molecule has 1 saturated heterocycles. The minimum Gasteiger partial charge on any atom is -0.488 e. The molecule has 4 N–H and O–H groups in total. The van der Waals surface area contributed by atoms with Crippen LogP contribution in [0.5, 0.6) is 5.75 Å². The number of rotatable bonds is 6. The Morgan fingerprint density at radius 2 is 2.13 bits per heavy atom. The van der Waals surface area contributed by atoms with Gasteiger partial charge in [0.15, 0.2) is 5.82 Å². The Morgan fingerprint density at radius 3 is 2.90 bits per heavy atom. The van der Waals surface area contributed by atoms with Crippen molar-refractivity contribution >= 4 is 17.5 Å². The topological polar surface area (TPSA) is 139 Å². The van der Waals surface area contributed by atoms with Gasteiger partial charge in [-0.05, 0) is 43.3 Å². The molecule has 0 bridgehead atoms. The number of anilines is 2. The number of nitrogens with one attached hydrogen (secondary N) is 2. The van der Waals surface area contributed by atoms with E-state index in [0.717, 1.165) is 19.5 Å². The first kappa shape index (κ1) is 19.3. The molecule has 1 aromatic heterocycles. The Balaban J connectivity index is 1.59. The summed E-state index contributed by atoms with van der Waals surface area (Å²) in [5, 5.41) is 15.8. The third-order valence-electron chi connectivity index (χ3n) is 4.68. The lowest BCUT2D eigenvalue weighted by Crippen LogP contribution is -2.20. The lowest BCUT2D eigenvalue weighted by atomic mass is 10.1. The zero-order valence-electron chi connectivity index (χ0n) is 16.0. The van der Waals surface area contributed by atoms with Crippen molar-refractivity contribution in [3.63, 3.8) is 0 Å². The first-order chi connectivity index (χ1) is 14.6. The van der Waals surface area contributed by atoms with Gasteiger partial charge < -0.3 is 21.1 Å². The molecule has 0 unspecified atom stereocenters. The standard InChI is InChI=1S/C21H19N7O2/c22-10-14-9-13(5-6-18(14)30-15-7-8-24-11-15)20-25-12-26-21(28-20)27-17-4-2-1-3-16(17)19(23)29/h1-6,9,12,15,24H,7-8,11H2,(H2,23,29)(H,25,26,27,28)/t15-/m1/s1. The maximum Gasteiger partial charge on any atom is 0.250 e. The Bertz CT molecular complexity index is 1120. The fourth-order valence-corrected chi connectivity index (χ4v) is 3.19. The number of amides is 1. The molecule has 0 saturated carbocycles. The number of benzene rings is 2. The highest BCUT2D eigenvalue weighted by atomic mass is 16.5. The molecule has 4 rings (SSSR count). The molecule has 1 fully saturated rings. The first-order valence-corrected chi connectivity index (χ1v) is 9.41. The highest BCUT2D eigenvalue weighted by Crippen LogP contribution is 2.27. The van der Waals surface area contributed by atoms with Gasteiger partial charge in [0, 0.05) is 12.1 Å². The van der Waals surface area contributed by atoms with Crippen LogP contribution in [0.15, 0.2) is 48.8 Å². The Hall–Kier alpha value is -4.03. The van der Waals surface area contributed by atoms with Gasteiger partial charge in [-0.3, -0.25) is 4.79 Å². The van der Waals surface area contributed by atoms with Gasteiger partial charge in [-0.1, -0.05) is 12.1 Å². The quantitative estimate of drug-likeness (QED) is 0.570. The number of aromatic nitrogens is 3. The van der Waals surface area contributed by atoms with E-state index in [9.17, 15) is 10.1 Å². The van der Waals surface area contributed by atoms with Gasteiger partial charge in [-0.2, -0.15) is 10.2 Å². The molecular formula is C21H19N7O2. The first-order valence-electron chi connectivity index (χ1n) is 9.41. The third-order valence-corrected chi connectivity index (χ3v) is 4.68. The summed E-state index contributed by atoms with van der Waals surface area (Å²) in [6.07, 6.45) is 2.32. The summed E-state index contributed by atoms with van der Waals surface area (Å²) < 4.78 is 5.93. The minimum absolute atomic E-state index is 0.0567. The second-order valence-corrected chi connectivity index (χ2v) is 6.72. The van der Waals surface area contributed by atoms with Crippen LogP contribution >= 0.6 is 0 Å². The summed E-state index contributed by atoms with van der Waals surface area (Å²) in [6, 6.07) is 14.2. The van der Waals surface area contributed by atoms with Crippen molar-refractivity contribution in [2.75, 3.05) is 18.4 Å². The van der Waals surface area contributed by atoms with Crippen LogP contribution in [-0.2, 0) is 0 Å². The second kappa shape index (κ2) is 8.55. The zero-order chi connectivity index (χ0) is 20.9. The number of nitrogens with zero attached hydrogens (tertiary/aromatic N) is 4. The fraction of sp³-hybridized carbons (Fsp3) is 0.190. The number of carbonyl (C=O) groups is 1. The van der Waals surface area contributed by atoms with Crippen molar-refractivity contribution in [1.29, 1.82) is 5.26 Å². The third kappa shape index (κ3) is 4.19. The maximum atomic E-state index is 11.6. The van der Waals surface area contributed by atoms with Gasteiger partial charge in [0.25, 0.3) is 5.91 Å². The molecule has 9 heteroatoms. The van der Waals surface area contributed by atoms with Gasteiger partial charge in [-0.15, -0.1) is 0 Å². The number of primary amides is 1. The van der Waals surface area contributed by atoms with E-state index in [4.69, 9.17) is 10.5 Å². The van der Waals surface area contributed by atoms with E-state index in [1.807, 2.05) is 0 Å². The van der Waals surface area contributed by atoms with E-state index in [-0.39, 0.29) is 12.1 Å². The van der Waals surface area contributed by atoms with Crippen LogP contribution in [0.3, 0.4) is 0 Å². The van der Waals surface area contributed by atoms with Crippen molar-refractivity contribution in [3.8, 4) is 23.2 Å². The number of hydrogen-bond donors (Lipinski definition) is 3. The van der Waals surface area contributed by atoms with Crippen molar-refractivity contribution in [1.82, 2.24) is 20.3 Å². The molecule has 2 aromatic carbocycles. The Kier molecular flexibility index (Phi) is 5.50. The molecule has 1 atom stereocenters. The molecule has 0 spiro atoms. The van der Waals surface area contributed by atoms with Crippen LogP contribution in [0.1, 0.15) is 22.3 Å². The summed E-state index contributed by atoms with van der Waals surface area (Å²) >= 11 is 0. The summed E-state index contributed by atoms with van der Waals surface area (Å²) in [4.78, 5) is 24.3. The normalized spacial score (nSPS) is 15.4. The molecule has 150 valence electrons. The SMILES string of the molecule is N#Cc1cc(-c2ncnc(Nc3ccccc3C(N)=O)n2)ccc1O[C@@H]1CCNC1. The maximum absolute atomic E-state index is 11.6. The van der Waals surface area contributed by atoms with E-state index < -0.39 is 5.91 Å². The van der Waals surface area contributed by atoms with Crippen LogP contribution in [0, 0.1) is 11.3 Å².